The second-order valence-corrected chi connectivity index (χ2v) is 6.50. The summed E-state index contributed by atoms with van der Waals surface area (Å²) in [7, 11) is 0. The summed E-state index contributed by atoms with van der Waals surface area (Å²) in [5.74, 6) is -0.0318. The van der Waals surface area contributed by atoms with Gasteiger partial charge in [-0.1, -0.05) is 30.3 Å². The molecule has 26 heavy (non-hydrogen) atoms. The molecule has 1 amide bonds. The molecule has 1 atom stereocenters. The molecule has 1 aliphatic heterocycles. The average Bonchev–Trinajstić information content (AvgIpc) is 2.68. The Kier molecular flexibility index (Phi) is 5.93. The molecule has 1 aromatic carbocycles. The van der Waals surface area contributed by atoms with E-state index >= 15 is 0 Å². The highest BCUT2D eigenvalue weighted by Gasteiger charge is 2.32. The van der Waals surface area contributed by atoms with E-state index in [9.17, 15) is 4.79 Å². The molecular formula is C19H23N5O2. The summed E-state index contributed by atoms with van der Waals surface area (Å²) in [6, 6.07) is 10.4. The van der Waals surface area contributed by atoms with E-state index in [0.29, 0.717) is 11.5 Å². The Labute approximate surface area is 152 Å². The van der Waals surface area contributed by atoms with E-state index in [1.165, 1.54) is 17.7 Å². The lowest BCUT2D eigenvalue weighted by Crippen LogP contribution is -2.53. The van der Waals surface area contributed by atoms with Gasteiger partial charge in [0.25, 0.3) is 5.91 Å². The van der Waals surface area contributed by atoms with Crippen LogP contribution in [0.5, 0.6) is 0 Å². The average molecular weight is 353 g/mol. The summed E-state index contributed by atoms with van der Waals surface area (Å²) in [5, 5.41) is 15.5. The first-order valence-corrected chi connectivity index (χ1v) is 8.66. The van der Waals surface area contributed by atoms with Gasteiger partial charge >= 0.3 is 0 Å². The second kappa shape index (κ2) is 8.55. The molecule has 1 aliphatic rings. The van der Waals surface area contributed by atoms with Gasteiger partial charge in [-0.25, -0.2) is 15.4 Å². The first-order chi connectivity index (χ1) is 12.7. The van der Waals surface area contributed by atoms with Gasteiger partial charge in [-0.3, -0.25) is 10.0 Å². The molecule has 1 saturated heterocycles. The van der Waals surface area contributed by atoms with Gasteiger partial charge in [-0.2, -0.15) is 0 Å². The van der Waals surface area contributed by atoms with Crippen LogP contribution < -0.4 is 16.1 Å². The molecule has 136 valence electrons. The summed E-state index contributed by atoms with van der Waals surface area (Å²) < 4.78 is 0. The van der Waals surface area contributed by atoms with Crippen LogP contribution in [0.1, 0.15) is 24.0 Å². The van der Waals surface area contributed by atoms with Crippen LogP contribution in [0.25, 0.3) is 6.08 Å². The van der Waals surface area contributed by atoms with Crippen LogP contribution in [0, 0.1) is 0 Å². The number of nitrogens with zero attached hydrogens (tertiary/aromatic N) is 2. The van der Waals surface area contributed by atoms with Gasteiger partial charge in [0, 0.05) is 30.6 Å². The zero-order valence-corrected chi connectivity index (χ0v) is 14.5. The van der Waals surface area contributed by atoms with E-state index < -0.39 is 5.91 Å². The van der Waals surface area contributed by atoms with Crippen molar-refractivity contribution < 1.29 is 10.0 Å². The predicted molar refractivity (Wildman–Crippen MR) is 99.6 cm³/mol. The third-order valence-corrected chi connectivity index (χ3v) is 4.44. The maximum atomic E-state index is 11.0. The number of aromatic nitrogens is 2. The molecular weight excluding hydrogens is 330 g/mol. The van der Waals surface area contributed by atoms with E-state index in [1.807, 2.05) is 6.07 Å². The number of carbonyl (C=O) groups excluding carboxylic acids is 1. The third-order valence-electron chi connectivity index (χ3n) is 4.44. The first kappa shape index (κ1) is 18.0. The van der Waals surface area contributed by atoms with Crippen molar-refractivity contribution in [2.75, 3.05) is 18.4 Å². The summed E-state index contributed by atoms with van der Waals surface area (Å²) in [6.07, 6.45) is 9.06. The van der Waals surface area contributed by atoms with E-state index in [0.717, 1.165) is 32.4 Å². The van der Waals surface area contributed by atoms with Crippen molar-refractivity contribution in [3.63, 3.8) is 0 Å². The van der Waals surface area contributed by atoms with Crippen molar-refractivity contribution in [2.24, 2.45) is 0 Å². The Bertz CT molecular complexity index is 740. The van der Waals surface area contributed by atoms with Gasteiger partial charge < -0.3 is 10.6 Å². The quantitative estimate of drug-likeness (QED) is 0.359. The highest BCUT2D eigenvalue weighted by Crippen LogP contribution is 2.25. The number of nitrogens with one attached hydrogen (secondary N) is 3. The Morgan fingerprint density at radius 3 is 2.69 bits per heavy atom. The minimum Gasteiger partial charge on any atom is -0.347 e. The van der Waals surface area contributed by atoms with Crippen molar-refractivity contribution in [1.82, 2.24) is 20.8 Å². The SMILES string of the molecule is O=C(/C=C/c1cnc(N[C@@]2(Cc3ccccc3)CCCNC2)nc1)NO. The van der Waals surface area contributed by atoms with Gasteiger partial charge in [0.1, 0.15) is 0 Å². The standard InChI is InChI=1S/C19H23N5O2/c25-17(24-26)8-7-16-12-21-18(22-13-16)23-19(9-4-10-20-14-19)11-15-5-2-1-3-6-15/h1-3,5-8,12-13,20,26H,4,9-11,14H2,(H,24,25)(H,21,22,23)/b8-7+/t19-/m1/s1. The number of hydroxylamine groups is 1. The molecule has 0 radical (unpaired) electrons. The minimum absolute atomic E-state index is 0.131. The normalized spacial score (nSPS) is 20.0. The Morgan fingerprint density at radius 2 is 2.04 bits per heavy atom. The summed E-state index contributed by atoms with van der Waals surface area (Å²) >= 11 is 0. The number of amides is 1. The number of hydrogen-bond acceptors (Lipinski definition) is 6. The molecule has 2 heterocycles. The highest BCUT2D eigenvalue weighted by molar-refractivity contribution is 5.90. The van der Waals surface area contributed by atoms with Crippen molar-refractivity contribution in [3.8, 4) is 0 Å². The highest BCUT2D eigenvalue weighted by atomic mass is 16.5. The molecule has 0 bridgehead atoms. The molecule has 2 aromatic rings. The lowest BCUT2D eigenvalue weighted by atomic mass is 9.84. The van der Waals surface area contributed by atoms with Gasteiger partial charge in [0.2, 0.25) is 5.95 Å². The fraction of sp³-hybridized carbons (Fsp3) is 0.316. The smallest absolute Gasteiger partial charge is 0.267 e. The van der Waals surface area contributed by atoms with Crippen molar-refractivity contribution >= 4 is 17.9 Å². The van der Waals surface area contributed by atoms with Crippen molar-refractivity contribution in [3.05, 3.63) is 59.9 Å². The number of hydrogen-bond donors (Lipinski definition) is 4. The fourth-order valence-electron chi connectivity index (χ4n) is 3.19. The number of piperidine rings is 1. The molecule has 0 aliphatic carbocycles. The van der Waals surface area contributed by atoms with Crippen LogP contribution in [0.4, 0.5) is 5.95 Å². The Balaban J connectivity index is 1.72. The van der Waals surface area contributed by atoms with Crippen LogP contribution in [0.15, 0.2) is 48.8 Å². The molecule has 0 spiro atoms. The summed E-state index contributed by atoms with van der Waals surface area (Å²) in [4.78, 5) is 19.8. The van der Waals surface area contributed by atoms with Crippen LogP contribution >= 0.6 is 0 Å². The molecule has 0 unspecified atom stereocenters. The van der Waals surface area contributed by atoms with Crippen LogP contribution in [-0.2, 0) is 11.2 Å². The number of carbonyl (C=O) groups is 1. The Morgan fingerprint density at radius 1 is 1.27 bits per heavy atom. The molecule has 0 saturated carbocycles. The van der Waals surface area contributed by atoms with Gasteiger partial charge in [0.05, 0.1) is 5.54 Å². The van der Waals surface area contributed by atoms with E-state index in [-0.39, 0.29) is 5.54 Å². The van der Waals surface area contributed by atoms with E-state index in [2.05, 4.69) is 44.9 Å². The van der Waals surface area contributed by atoms with Crippen LogP contribution in [0.3, 0.4) is 0 Å². The minimum atomic E-state index is -0.595. The molecule has 3 rings (SSSR count). The zero-order chi connectivity index (χ0) is 18.2. The molecule has 4 N–H and O–H groups in total. The van der Waals surface area contributed by atoms with E-state index in [4.69, 9.17) is 5.21 Å². The third kappa shape index (κ3) is 4.87. The zero-order valence-electron chi connectivity index (χ0n) is 14.5. The topological polar surface area (TPSA) is 99.2 Å². The molecule has 1 aromatic heterocycles. The molecule has 7 heteroatoms. The number of anilines is 1. The summed E-state index contributed by atoms with van der Waals surface area (Å²) in [5.41, 5.74) is 3.37. The maximum absolute atomic E-state index is 11.0. The van der Waals surface area contributed by atoms with Crippen LogP contribution in [-0.4, -0.2) is 39.7 Å². The van der Waals surface area contributed by atoms with Crippen molar-refractivity contribution in [1.29, 1.82) is 0 Å². The van der Waals surface area contributed by atoms with E-state index in [1.54, 1.807) is 17.9 Å². The van der Waals surface area contributed by atoms with Gasteiger partial charge in [-0.15, -0.1) is 0 Å². The van der Waals surface area contributed by atoms with Gasteiger partial charge in [0.15, 0.2) is 0 Å². The largest absolute Gasteiger partial charge is 0.347 e. The summed E-state index contributed by atoms with van der Waals surface area (Å²) in [6.45, 7) is 1.87. The fourth-order valence-corrected chi connectivity index (χ4v) is 3.19. The lowest BCUT2D eigenvalue weighted by molar-refractivity contribution is -0.124. The maximum Gasteiger partial charge on any atom is 0.267 e. The van der Waals surface area contributed by atoms with Crippen molar-refractivity contribution in [2.45, 2.75) is 24.8 Å². The lowest BCUT2D eigenvalue weighted by Gasteiger charge is -2.38. The monoisotopic (exact) mass is 353 g/mol. The second-order valence-electron chi connectivity index (χ2n) is 6.50. The Hall–Kier alpha value is -2.77. The number of benzene rings is 1. The first-order valence-electron chi connectivity index (χ1n) is 8.66. The molecule has 7 nitrogen and oxygen atoms in total. The van der Waals surface area contributed by atoms with Crippen LogP contribution in [0.2, 0.25) is 0 Å². The van der Waals surface area contributed by atoms with Gasteiger partial charge in [-0.05, 0) is 37.4 Å². The molecule has 1 fully saturated rings. The predicted octanol–water partition coefficient (Wildman–Crippen LogP) is 1.77. The number of rotatable bonds is 6.